The molecule has 0 unspecified atom stereocenters. The van der Waals surface area contributed by atoms with E-state index in [9.17, 15) is 0 Å². The molecular weight excluding hydrogens is 713 g/mol. The van der Waals surface area contributed by atoms with Crippen LogP contribution in [0.3, 0.4) is 0 Å². The van der Waals surface area contributed by atoms with Crippen LogP contribution in [-0.4, -0.2) is 0 Å². The van der Waals surface area contributed by atoms with Crippen LogP contribution in [0.4, 0.5) is 0 Å². The van der Waals surface area contributed by atoms with Gasteiger partial charge < -0.3 is 4.42 Å². The van der Waals surface area contributed by atoms with Crippen molar-refractivity contribution in [2.75, 3.05) is 0 Å². The fraction of sp³-hybridized carbons (Fsp3) is 0. The van der Waals surface area contributed by atoms with Crippen LogP contribution in [0.5, 0.6) is 0 Å². The Morgan fingerprint density at radius 1 is 0.220 bits per heavy atom. The quantitative estimate of drug-likeness (QED) is 0.164. The Morgan fingerprint density at radius 3 is 1.31 bits per heavy atom. The lowest BCUT2D eigenvalue weighted by Gasteiger charge is -2.17. The molecule has 0 amide bonds. The van der Waals surface area contributed by atoms with E-state index in [2.05, 4.69) is 206 Å². The summed E-state index contributed by atoms with van der Waals surface area (Å²) in [5.74, 6) is 0. The predicted octanol–water partition coefficient (Wildman–Crippen LogP) is 16.6. The van der Waals surface area contributed by atoms with Gasteiger partial charge in [-0.1, -0.05) is 170 Å². The van der Waals surface area contributed by atoms with Gasteiger partial charge in [0.05, 0.1) is 0 Å². The molecule has 0 atom stereocenters. The van der Waals surface area contributed by atoms with Gasteiger partial charge in [0.2, 0.25) is 0 Å². The van der Waals surface area contributed by atoms with Gasteiger partial charge in [0.15, 0.2) is 0 Å². The van der Waals surface area contributed by atoms with E-state index in [0.29, 0.717) is 0 Å². The summed E-state index contributed by atoms with van der Waals surface area (Å²) >= 11 is 0. The number of fused-ring (bicyclic) bond motifs is 9. The van der Waals surface area contributed by atoms with Gasteiger partial charge in [-0.3, -0.25) is 0 Å². The zero-order valence-electron chi connectivity index (χ0n) is 32.0. The summed E-state index contributed by atoms with van der Waals surface area (Å²) in [7, 11) is 0. The average Bonchev–Trinajstić information content (AvgIpc) is 3.67. The second kappa shape index (κ2) is 12.4. The van der Waals surface area contributed by atoms with Crippen molar-refractivity contribution in [3.8, 4) is 44.5 Å². The molecule has 0 N–H and O–H groups in total. The van der Waals surface area contributed by atoms with Crippen molar-refractivity contribution in [1.82, 2.24) is 0 Å². The lowest BCUT2D eigenvalue weighted by molar-refractivity contribution is 0.669. The Kier molecular flexibility index (Phi) is 6.79. The van der Waals surface area contributed by atoms with Crippen LogP contribution in [0, 0.1) is 0 Å². The summed E-state index contributed by atoms with van der Waals surface area (Å²) < 4.78 is 6.61. The average molecular weight is 747 g/mol. The summed E-state index contributed by atoms with van der Waals surface area (Å²) in [6.07, 6.45) is 0. The lowest BCUT2D eigenvalue weighted by atomic mass is 9.86. The molecule has 1 heterocycles. The van der Waals surface area contributed by atoms with Crippen molar-refractivity contribution in [3.63, 3.8) is 0 Å². The summed E-state index contributed by atoms with van der Waals surface area (Å²) in [6, 6.07) is 75.8. The summed E-state index contributed by atoms with van der Waals surface area (Å²) in [5, 5.41) is 17.5. The number of hydrogen-bond donors (Lipinski definition) is 0. The molecule has 0 aliphatic carbocycles. The first-order valence-corrected chi connectivity index (χ1v) is 20.4. The van der Waals surface area contributed by atoms with Gasteiger partial charge >= 0.3 is 0 Å². The Labute approximate surface area is 340 Å². The van der Waals surface area contributed by atoms with Gasteiger partial charge in [-0.25, -0.2) is 0 Å². The molecule has 0 aliphatic heterocycles. The molecule has 0 radical (unpaired) electrons. The van der Waals surface area contributed by atoms with E-state index in [4.69, 9.17) is 4.42 Å². The standard InChI is InChI=1S/C58H34O/c1-2-10-35(11-3-1)38-12-8-13-39(30-38)40-14-9-15-41(31-40)43-25-20-36-23-28-50-44(26-21-37-22-27-49(43)57(36)58(37)50)42-24-29-55-53(32-42)54-33-51-47-18-6-4-16-45(47)46-17-5-7-19-48(46)52(51)34-56(54)59-55/h1-34H. The third kappa shape index (κ3) is 4.86. The van der Waals surface area contributed by atoms with Crippen molar-refractivity contribution in [3.05, 3.63) is 206 Å². The Bertz CT molecular complexity index is 3830. The number of furan rings is 1. The predicted molar refractivity (Wildman–Crippen MR) is 252 cm³/mol. The third-order valence-electron chi connectivity index (χ3n) is 12.8. The zero-order chi connectivity index (χ0) is 38.6. The van der Waals surface area contributed by atoms with Crippen molar-refractivity contribution in [2.24, 2.45) is 0 Å². The van der Waals surface area contributed by atoms with E-state index in [1.165, 1.54) is 109 Å². The normalized spacial score (nSPS) is 12.1. The molecule has 1 nitrogen and oxygen atoms in total. The van der Waals surface area contributed by atoms with Gasteiger partial charge in [0.1, 0.15) is 11.2 Å². The maximum absolute atomic E-state index is 6.61. The number of benzene rings is 12. The number of rotatable bonds is 4. The molecular formula is C58H34O. The highest BCUT2D eigenvalue weighted by molar-refractivity contribution is 6.29. The van der Waals surface area contributed by atoms with E-state index in [-0.39, 0.29) is 0 Å². The van der Waals surface area contributed by atoms with E-state index in [1.54, 1.807) is 0 Å². The molecule has 272 valence electrons. The first-order valence-electron chi connectivity index (χ1n) is 20.4. The molecule has 0 aliphatic rings. The second-order valence-electron chi connectivity index (χ2n) is 16.0. The highest BCUT2D eigenvalue weighted by atomic mass is 16.3. The van der Waals surface area contributed by atoms with Gasteiger partial charge in [-0.05, 0) is 146 Å². The van der Waals surface area contributed by atoms with Crippen LogP contribution in [-0.2, 0) is 0 Å². The topological polar surface area (TPSA) is 13.1 Å². The fourth-order valence-corrected chi connectivity index (χ4v) is 10.0. The molecule has 0 fully saturated rings. The Hall–Kier alpha value is -7.74. The molecule has 0 saturated carbocycles. The van der Waals surface area contributed by atoms with Crippen LogP contribution in [0.2, 0.25) is 0 Å². The summed E-state index contributed by atoms with van der Waals surface area (Å²) in [6.45, 7) is 0. The highest BCUT2D eigenvalue weighted by Crippen LogP contribution is 2.45. The molecule has 13 rings (SSSR count). The maximum atomic E-state index is 6.61. The van der Waals surface area contributed by atoms with Crippen LogP contribution in [0.15, 0.2) is 211 Å². The summed E-state index contributed by atoms with van der Waals surface area (Å²) in [5.41, 5.74) is 11.6. The lowest BCUT2D eigenvalue weighted by Crippen LogP contribution is -1.90. The molecule has 12 aromatic carbocycles. The largest absolute Gasteiger partial charge is 0.456 e. The molecule has 13 aromatic rings. The minimum atomic E-state index is 0.907. The van der Waals surface area contributed by atoms with E-state index in [1.807, 2.05) is 0 Å². The molecule has 59 heavy (non-hydrogen) atoms. The molecule has 0 saturated heterocycles. The van der Waals surface area contributed by atoms with Gasteiger partial charge in [-0.2, -0.15) is 0 Å². The zero-order valence-corrected chi connectivity index (χ0v) is 32.0. The van der Waals surface area contributed by atoms with Crippen molar-refractivity contribution >= 4 is 86.6 Å². The Morgan fingerprint density at radius 2 is 0.678 bits per heavy atom. The Balaban J connectivity index is 0.966. The molecule has 1 heteroatoms. The number of hydrogen-bond acceptors (Lipinski definition) is 1. The van der Waals surface area contributed by atoms with Gasteiger partial charge in [0, 0.05) is 10.8 Å². The van der Waals surface area contributed by atoms with E-state index < -0.39 is 0 Å². The van der Waals surface area contributed by atoms with Crippen molar-refractivity contribution in [2.45, 2.75) is 0 Å². The van der Waals surface area contributed by atoms with Crippen LogP contribution < -0.4 is 0 Å². The maximum Gasteiger partial charge on any atom is 0.136 e. The molecule has 1 aromatic heterocycles. The first kappa shape index (κ1) is 32.4. The van der Waals surface area contributed by atoms with Gasteiger partial charge in [0.25, 0.3) is 0 Å². The second-order valence-corrected chi connectivity index (χ2v) is 16.0. The smallest absolute Gasteiger partial charge is 0.136 e. The fourth-order valence-electron chi connectivity index (χ4n) is 10.0. The van der Waals surface area contributed by atoms with Crippen LogP contribution >= 0.6 is 0 Å². The SMILES string of the molecule is c1ccc(-c2cccc(-c3cccc(-c4ccc5ccc6c(-c7ccc8oc9cc%10c%11ccccc%11c%11ccccc%11c%10cc9c8c7)ccc7ccc4c5c76)c3)c2)cc1. The minimum absolute atomic E-state index is 0.907. The van der Waals surface area contributed by atoms with Gasteiger partial charge in [-0.15, -0.1) is 0 Å². The van der Waals surface area contributed by atoms with Crippen LogP contribution in [0.25, 0.3) is 131 Å². The monoisotopic (exact) mass is 746 g/mol. The van der Waals surface area contributed by atoms with E-state index in [0.717, 1.165) is 21.9 Å². The van der Waals surface area contributed by atoms with Crippen molar-refractivity contribution < 1.29 is 4.42 Å². The first-order chi connectivity index (χ1) is 29.2. The van der Waals surface area contributed by atoms with Crippen LogP contribution in [0.1, 0.15) is 0 Å². The minimum Gasteiger partial charge on any atom is -0.456 e. The molecule has 0 bridgehead atoms. The van der Waals surface area contributed by atoms with Crippen molar-refractivity contribution in [1.29, 1.82) is 0 Å². The third-order valence-corrected chi connectivity index (χ3v) is 12.8. The molecule has 0 spiro atoms. The van der Waals surface area contributed by atoms with E-state index >= 15 is 0 Å². The highest BCUT2D eigenvalue weighted by Gasteiger charge is 2.18. The summed E-state index contributed by atoms with van der Waals surface area (Å²) in [4.78, 5) is 0.